The van der Waals surface area contributed by atoms with Crippen LogP contribution in [-0.4, -0.2) is 42.4 Å². The zero-order chi connectivity index (χ0) is 21.8. The highest BCUT2D eigenvalue weighted by Crippen LogP contribution is 2.31. The lowest BCUT2D eigenvalue weighted by molar-refractivity contribution is -0.130. The van der Waals surface area contributed by atoms with Gasteiger partial charge in [-0.2, -0.15) is 0 Å². The van der Waals surface area contributed by atoms with Crippen LogP contribution in [0.4, 0.5) is 5.69 Å². The number of anilines is 1. The molecule has 2 amide bonds. The molecule has 1 N–H and O–H groups in total. The molecule has 0 fully saturated rings. The van der Waals surface area contributed by atoms with E-state index in [4.69, 9.17) is 4.74 Å². The SMILES string of the molecule is CN(C)C(=O)COc1cccc(C(=O)Nc2cccc(-c3nc4ccccc4s3)c2)c1. The summed E-state index contributed by atoms with van der Waals surface area (Å²) in [5, 5.41) is 3.82. The number of para-hydroxylation sites is 1. The van der Waals surface area contributed by atoms with Gasteiger partial charge in [-0.1, -0.05) is 30.3 Å². The predicted molar refractivity (Wildman–Crippen MR) is 124 cm³/mol. The summed E-state index contributed by atoms with van der Waals surface area (Å²) in [6.45, 7) is -0.0811. The summed E-state index contributed by atoms with van der Waals surface area (Å²) >= 11 is 1.61. The molecule has 1 heterocycles. The summed E-state index contributed by atoms with van der Waals surface area (Å²) in [6.07, 6.45) is 0. The molecule has 0 aliphatic carbocycles. The number of amides is 2. The highest BCUT2D eigenvalue weighted by atomic mass is 32.1. The quantitative estimate of drug-likeness (QED) is 0.481. The van der Waals surface area contributed by atoms with Gasteiger partial charge >= 0.3 is 0 Å². The number of ether oxygens (including phenoxy) is 1. The number of fused-ring (bicyclic) bond motifs is 1. The first-order valence-electron chi connectivity index (χ1n) is 9.70. The van der Waals surface area contributed by atoms with E-state index in [1.807, 2.05) is 48.5 Å². The minimum absolute atomic E-state index is 0.0811. The summed E-state index contributed by atoms with van der Waals surface area (Å²) in [5.41, 5.74) is 3.02. The van der Waals surface area contributed by atoms with Crippen LogP contribution >= 0.6 is 11.3 Å². The maximum atomic E-state index is 12.7. The number of benzene rings is 3. The maximum absolute atomic E-state index is 12.7. The highest BCUT2D eigenvalue weighted by Gasteiger charge is 2.11. The third-order valence-electron chi connectivity index (χ3n) is 4.62. The molecule has 7 heteroatoms. The normalized spacial score (nSPS) is 10.6. The van der Waals surface area contributed by atoms with Crippen molar-refractivity contribution in [2.75, 3.05) is 26.0 Å². The second-order valence-corrected chi connectivity index (χ2v) is 8.16. The van der Waals surface area contributed by atoms with E-state index in [9.17, 15) is 9.59 Å². The first kappa shape index (κ1) is 20.6. The number of thiazole rings is 1. The summed E-state index contributed by atoms with van der Waals surface area (Å²) in [4.78, 5) is 30.6. The standard InChI is InChI=1S/C24H21N3O3S/c1-27(2)22(28)15-30-19-10-6-7-16(14-19)23(29)25-18-9-5-8-17(13-18)24-26-20-11-3-4-12-21(20)31-24/h3-14H,15H2,1-2H3,(H,25,29). The lowest BCUT2D eigenvalue weighted by atomic mass is 10.1. The van der Waals surface area contributed by atoms with Crippen LogP contribution in [0.15, 0.2) is 72.8 Å². The second-order valence-electron chi connectivity index (χ2n) is 7.13. The Bertz CT molecular complexity index is 1220. The Morgan fingerprint density at radius 2 is 1.81 bits per heavy atom. The van der Waals surface area contributed by atoms with E-state index >= 15 is 0 Å². The number of carbonyl (C=O) groups is 2. The molecule has 1 aromatic heterocycles. The van der Waals surface area contributed by atoms with Gasteiger partial charge in [0.2, 0.25) is 0 Å². The number of nitrogens with zero attached hydrogens (tertiary/aromatic N) is 2. The van der Waals surface area contributed by atoms with Crippen LogP contribution < -0.4 is 10.1 Å². The zero-order valence-corrected chi connectivity index (χ0v) is 18.0. The van der Waals surface area contributed by atoms with E-state index in [0.717, 1.165) is 20.8 Å². The Balaban J connectivity index is 1.48. The van der Waals surface area contributed by atoms with Gasteiger partial charge < -0.3 is 15.0 Å². The molecule has 0 aliphatic rings. The van der Waals surface area contributed by atoms with Crippen LogP contribution in [0.3, 0.4) is 0 Å². The van der Waals surface area contributed by atoms with Crippen molar-refractivity contribution < 1.29 is 14.3 Å². The number of aromatic nitrogens is 1. The molecule has 0 atom stereocenters. The third kappa shape index (κ3) is 4.90. The lowest BCUT2D eigenvalue weighted by Gasteiger charge is -2.12. The average molecular weight is 432 g/mol. The molecule has 0 saturated heterocycles. The summed E-state index contributed by atoms with van der Waals surface area (Å²) < 4.78 is 6.62. The number of likely N-dealkylation sites (N-methyl/N-ethyl adjacent to an activating group) is 1. The van der Waals surface area contributed by atoms with Crippen LogP contribution in [0.25, 0.3) is 20.8 Å². The number of hydrogen-bond acceptors (Lipinski definition) is 5. The molecule has 0 spiro atoms. The highest BCUT2D eigenvalue weighted by molar-refractivity contribution is 7.21. The van der Waals surface area contributed by atoms with E-state index in [1.165, 1.54) is 4.90 Å². The van der Waals surface area contributed by atoms with E-state index < -0.39 is 0 Å². The average Bonchev–Trinajstić information content (AvgIpc) is 3.22. The van der Waals surface area contributed by atoms with Gasteiger partial charge in [-0.05, 0) is 42.5 Å². The van der Waals surface area contributed by atoms with E-state index in [0.29, 0.717) is 17.0 Å². The van der Waals surface area contributed by atoms with Gasteiger partial charge in [0.25, 0.3) is 11.8 Å². The zero-order valence-electron chi connectivity index (χ0n) is 17.2. The Kier molecular flexibility index (Phi) is 5.95. The number of nitrogens with one attached hydrogen (secondary N) is 1. The van der Waals surface area contributed by atoms with Crippen molar-refractivity contribution in [3.63, 3.8) is 0 Å². The fourth-order valence-corrected chi connectivity index (χ4v) is 3.89. The Labute approximate surface area is 184 Å². The fraction of sp³-hybridized carbons (Fsp3) is 0.125. The van der Waals surface area contributed by atoms with E-state index in [2.05, 4.69) is 10.3 Å². The monoisotopic (exact) mass is 431 g/mol. The van der Waals surface area contributed by atoms with Crippen molar-refractivity contribution in [3.8, 4) is 16.3 Å². The molecule has 156 valence electrons. The van der Waals surface area contributed by atoms with Gasteiger partial charge in [0.05, 0.1) is 10.2 Å². The molecular formula is C24H21N3O3S. The van der Waals surface area contributed by atoms with Crippen LogP contribution in [0, 0.1) is 0 Å². The maximum Gasteiger partial charge on any atom is 0.259 e. The smallest absolute Gasteiger partial charge is 0.259 e. The van der Waals surface area contributed by atoms with E-state index in [1.54, 1.807) is 49.7 Å². The number of hydrogen-bond donors (Lipinski definition) is 1. The van der Waals surface area contributed by atoms with Gasteiger partial charge in [-0.3, -0.25) is 9.59 Å². The third-order valence-corrected chi connectivity index (χ3v) is 5.70. The summed E-state index contributed by atoms with van der Waals surface area (Å²) in [5.74, 6) is 0.0541. The van der Waals surface area contributed by atoms with Gasteiger partial charge in [0, 0.05) is 30.9 Å². The van der Waals surface area contributed by atoms with Crippen molar-refractivity contribution in [2.45, 2.75) is 0 Å². The number of rotatable bonds is 6. The molecule has 0 saturated carbocycles. The van der Waals surface area contributed by atoms with Crippen molar-refractivity contribution in [2.24, 2.45) is 0 Å². The molecule has 6 nitrogen and oxygen atoms in total. The lowest BCUT2D eigenvalue weighted by Crippen LogP contribution is -2.27. The van der Waals surface area contributed by atoms with Crippen LogP contribution in [-0.2, 0) is 4.79 Å². The minimum Gasteiger partial charge on any atom is -0.484 e. The molecule has 3 aromatic carbocycles. The van der Waals surface area contributed by atoms with Crippen LogP contribution in [0.2, 0.25) is 0 Å². The van der Waals surface area contributed by atoms with Crippen molar-refractivity contribution in [3.05, 3.63) is 78.4 Å². The molecule has 0 unspecified atom stereocenters. The largest absolute Gasteiger partial charge is 0.484 e. The molecule has 0 aliphatic heterocycles. The topological polar surface area (TPSA) is 71.5 Å². The molecular weight excluding hydrogens is 410 g/mol. The minimum atomic E-state index is -0.258. The summed E-state index contributed by atoms with van der Waals surface area (Å²) in [6, 6.07) is 22.4. The molecule has 0 bridgehead atoms. The fourth-order valence-electron chi connectivity index (χ4n) is 2.93. The van der Waals surface area contributed by atoms with Crippen molar-refractivity contribution in [1.82, 2.24) is 9.88 Å². The van der Waals surface area contributed by atoms with Crippen molar-refractivity contribution in [1.29, 1.82) is 0 Å². The van der Waals surface area contributed by atoms with Gasteiger partial charge in [0.15, 0.2) is 6.61 Å². The predicted octanol–water partition coefficient (Wildman–Crippen LogP) is 4.68. The molecule has 4 aromatic rings. The molecule has 4 rings (SSSR count). The number of carbonyl (C=O) groups excluding carboxylic acids is 2. The Morgan fingerprint density at radius 3 is 2.61 bits per heavy atom. The van der Waals surface area contributed by atoms with Gasteiger partial charge in [-0.15, -0.1) is 11.3 Å². The Hall–Kier alpha value is -3.71. The van der Waals surface area contributed by atoms with Crippen LogP contribution in [0.5, 0.6) is 5.75 Å². The van der Waals surface area contributed by atoms with E-state index in [-0.39, 0.29) is 18.4 Å². The van der Waals surface area contributed by atoms with Crippen molar-refractivity contribution >= 4 is 39.1 Å². The van der Waals surface area contributed by atoms with Gasteiger partial charge in [0.1, 0.15) is 10.8 Å². The van der Waals surface area contributed by atoms with Gasteiger partial charge in [-0.25, -0.2) is 4.98 Å². The first-order chi connectivity index (χ1) is 15.0. The van der Waals surface area contributed by atoms with Crippen LogP contribution in [0.1, 0.15) is 10.4 Å². The molecule has 31 heavy (non-hydrogen) atoms. The first-order valence-corrected chi connectivity index (χ1v) is 10.5. The molecule has 0 radical (unpaired) electrons. The second kappa shape index (κ2) is 8.97. The Morgan fingerprint density at radius 1 is 1.00 bits per heavy atom. The summed E-state index contributed by atoms with van der Waals surface area (Å²) in [7, 11) is 3.33.